The van der Waals surface area contributed by atoms with E-state index in [2.05, 4.69) is 43.2 Å². The molecule has 2 heterocycles. The average Bonchev–Trinajstić information content (AvgIpc) is 3.61. The summed E-state index contributed by atoms with van der Waals surface area (Å²) in [4.78, 5) is 23.7. The lowest BCUT2D eigenvalue weighted by Gasteiger charge is -2.11. The highest BCUT2D eigenvalue weighted by molar-refractivity contribution is 9.10. The smallest absolute Gasteiger partial charge is 0.312 e. The van der Waals surface area contributed by atoms with Gasteiger partial charge in [0, 0.05) is 33.2 Å². The van der Waals surface area contributed by atoms with E-state index in [0.29, 0.717) is 21.5 Å². The number of hydrogen-bond acceptors (Lipinski definition) is 7. The number of aromatic nitrogens is 1. The van der Waals surface area contributed by atoms with Gasteiger partial charge in [-0.1, -0.05) is 28.1 Å². The molecule has 0 aliphatic heterocycles. The first-order valence-corrected chi connectivity index (χ1v) is 14.1. The highest BCUT2D eigenvalue weighted by Crippen LogP contribution is 2.34. The summed E-state index contributed by atoms with van der Waals surface area (Å²) < 4.78 is 33.2. The molecule has 0 aliphatic carbocycles. The maximum absolute atomic E-state index is 13.6. The van der Waals surface area contributed by atoms with Gasteiger partial charge in [-0.05, 0) is 86.1 Å². The van der Waals surface area contributed by atoms with Crippen LogP contribution in [0.15, 0.2) is 98.9 Å². The van der Waals surface area contributed by atoms with Gasteiger partial charge in [0.05, 0.1) is 11.1 Å². The maximum atomic E-state index is 13.6. The molecule has 0 saturated carbocycles. The van der Waals surface area contributed by atoms with E-state index in [-0.39, 0.29) is 36.0 Å². The Morgan fingerprint density at radius 3 is 2.48 bits per heavy atom. The van der Waals surface area contributed by atoms with Gasteiger partial charge in [-0.3, -0.25) is 14.9 Å². The van der Waals surface area contributed by atoms with Gasteiger partial charge in [0.25, 0.3) is 0 Å². The Labute approximate surface area is 260 Å². The highest BCUT2D eigenvalue weighted by Gasteiger charge is 2.21. The van der Waals surface area contributed by atoms with E-state index in [1.54, 1.807) is 18.2 Å². The molecule has 0 radical (unpaired) electrons. The molecule has 44 heavy (non-hydrogen) atoms. The lowest BCUT2D eigenvalue weighted by Crippen LogP contribution is -2.17. The predicted octanol–water partition coefficient (Wildman–Crippen LogP) is 7.42. The lowest BCUT2D eigenvalue weighted by atomic mass is 10.2. The first kappa shape index (κ1) is 30.2. The number of benzene rings is 3. The summed E-state index contributed by atoms with van der Waals surface area (Å²) in [5, 5.41) is 15.6. The molecule has 0 saturated heterocycles. The van der Waals surface area contributed by atoms with Gasteiger partial charge >= 0.3 is 11.6 Å². The van der Waals surface area contributed by atoms with E-state index < -0.39 is 16.6 Å². The number of carbonyl (C=O) groups is 1. The third-order valence-electron chi connectivity index (χ3n) is 6.53. The predicted molar refractivity (Wildman–Crippen MR) is 165 cm³/mol. The minimum absolute atomic E-state index is 0.00235. The van der Waals surface area contributed by atoms with Gasteiger partial charge in [0.15, 0.2) is 5.76 Å². The Balaban J connectivity index is 1.21. The molecule has 10 nitrogen and oxygen atoms in total. The molecule has 2 aromatic heterocycles. The van der Waals surface area contributed by atoms with E-state index in [9.17, 15) is 19.3 Å². The number of nitro groups is 1. The number of halogens is 2. The van der Waals surface area contributed by atoms with Gasteiger partial charge in [-0.15, -0.1) is 0 Å². The number of aryl methyl sites for hydroxylation is 2. The van der Waals surface area contributed by atoms with Gasteiger partial charge in [0.2, 0.25) is 5.75 Å². The average molecular weight is 661 g/mol. The molecule has 0 aliphatic rings. The number of hydrazone groups is 1. The van der Waals surface area contributed by atoms with Crippen LogP contribution in [0.5, 0.6) is 11.5 Å². The molecule has 12 heteroatoms. The summed E-state index contributed by atoms with van der Waals surface area (Å²) in [6.45, 7) is 4.07. The number of hydrogen-bond donors (Lipinski definition) is 1. The van der Waals surface area contributed by atoms with Gasteiger partial charge in [-0.25, -0.2) is 9.82 Å². The van der Waals surface area contributed by atoms with Crippen molar-refractivity contribution < 1.29 is 28.0 Å². The van der Waals surface area contributed by atoms with E-state index in [1.807, 2.05) is 38.1 Å². The maximum Gasteiger partial charge on any atom is 0.312 e. The Hall–Kier alpha value is -5.23. The molecule has 1 amide bonds. The molecule has 0 fully saturated rings. The van der Waals surface area contributed by atoms with Crippen LogP contribution in [-0.2, 0) is 13.2 Å². The molecule has 0 unspecified atom stereocenters. The summed E-state index contributed by atoms with van der Waals surface area (Å²) in [6, 6.07) is 23.4. The lowest BCUT2D eigenvalue weighted by molar-refractivity contribution is -0.386. The van der Waals surface area contributed by atoms with Crippen LogP contribution in [-0.4, -0.2) is 21.6 Å². The molecular weight excluding hydrogens is 635 g/mol. The standard InChI is InChI=1S/C32H26BrFN4O6/c1-20-6-7-21(2)37(20)26-8-10-27(11-9-26)42-19-28-12-13-30(44-28)32(39)36-35-17-23-15-24(33)16-29(38(40)41)31(23)43-18-22-4-3-5-25(34)14-22/h3-17H,18-19H2,1-2H3,(H,36,39)/b35-17+. The second-order valence-corrected chi connectivity index (χ2v) is 10.6. The summed E-state index contributed by atoms with van der Waals surface area (Å²) in [7, 11) is 0. The van der Waals surface area contributed by atoms with Crippen LogP contribution in [0.3, 0.4) is 0 Å². The van der Waals surface area contributed by atoms with Crippen LogP contribution in [0.4, 0.5) is 10.1 Å². The SMILES string of the molecule is Cc1ccc(C)n1-c1ccc(OCc2ccc(C(=O)N/N=C/c3cc(Br)cc([N+](=O)[O-])c3OCc3cccc(F)c3)o2)cc1. The van der Waals surface area contributed by atoms with Crippen molar-refractivity contribution in [3.63, 3.8) is 0 Å². The van der Waals surface area contributed by atoms with E-state index in [0.717, 1.165) is 17.1 Å². The molecule has 0 atom stereocenters. The van der Waals surface area contributed by atoms with Crippen molar-refractivity contribution in [3.8, 4) is 17.2 Å². The molecule has 224 valence electrons. The van der Waals surface area contributed by atoms with Crippen LogP contribution >= 0.6 is 15.9 Å². The fourth-order valence-corrected chi connectivity index (χ4v) is 4.95. The van der Waals surface area contributed by atoms with Gasteiger partial charge in [-0.2, -0.15) is 5.10 Å². The van der Waals surface area contributed by atoms with Crippen LogP contribution in [0.1, 0.15) is 38.8 Å². The number of rotatable bonds is 11. The summed E-state index contributed by atoms with van der Waals surface area (Å²) in [5.41, 5.74) is 6.00. The Bertz CT molecular complexity index is 1830. The Morgan fingerprint density at radius 2 is 1.77 bits per heavy atom. The highest BCUT2D eigenvalue weighted by atomic mass is 79.9. The molecule has 5 rings (SSSR count). The van der Waals surface area contributed by atoms with E-state index in [1.165, 1.54) is 36.5 Å². The molecular formula is C32H26BrFN4O6. The molecule has 3 aromatic carbocycles. The van der Waals surface area contributed by atoms with Crippen molar-refractivity contribution in [2.75, 3.05) is 0 Å². The Kier molecular flexibility index (Phi) is 9.20. The number of nitrogens with zero attached hydrogens (tertiary/aromatic N) is 3. The van der Waals surface area contributed by atoms with Crippen LogP contribution in [0.2, 0.25) is 0 Å². The van der Waals surface area contributed by atoms with Crippen LogP contribution in [0, 0.1) is 29.8 Å². The zero-order chi connectivity index (χ0) is 31.2. The van der Waals surface area contributed by atoms with Crippen molar-refractivity contribution in [1.82, 2.24) is 9.99 Å². The summed E-state index contributed by atoms with van der Waals surface area (Å²) in [6.07, 6.45) is 1.21. The number of nitro benzene ring substituents is 1. The van der Waals surface area contributed by atoms with E-state index >= 15 is 0 Å². The number of carbonyl (C=O) groups excluding carboxylic acids is 1. The second kappa shape index (κ2) is 13.4. The number of furan rings is 1. The van der Waals surface area contributed by atoms with Crippen LogP contribution < -0.4 is 14.9 Å². The third-order valence-corrected chi connectivity index (χ3v) is 6.99. The van der Waals surface area contributed by atoms with E-state index in [4.69, 9.17) is 13.9 Å². The first-order chi connectivity index (χ1) is 21.2. The normalized spacial score (nSPS) is 11.1. The monoisotopic (exact) mass is 660 g/mol. The topological polar surface area (TPSA) is 121 Å². The minimum atomic E-state index is -0.638. The molecule has 0 bridgehead atoms. The van der Waals surface area contributed by atoms with Crippen molar-refractivity contribution in [2.24, 2.45) is 5.10 Å². The van der Waals surface area contributed by atoms with Gasteiger partial charge in [0.1, 0.15) is 30.5 Å². The van der Waals surface area contributed by atoms with Crippen LogP contribution in [0.25, 0.3) is 5.69 Å². The molecule has 5 aromatic rings. The summed E-state index contributed by atoms with van der Waals surface area (Å²) in [5.74, 6) is -0.123. The summed E-state index contributed by atoms with van der Waals surface area (Å²) >= 11 is 3.24. The van der Waals surface area contributed by atoms with Gasteiger partial charge < -0.3 is 18.5 Å². The number of ether oxygens (including phenoxy) is 2. The number of nitrogens with one attached hydrogen (secondary N) is 1. The fraction of sp³-hybridized carbons (Fsp3) is 0.125. The molecule has 0 spiro atoms. The minimum Gasteiger partial charge on any atom is -0.486 e. The molecule has 1 N–H and O–H groups in total. The fourth-order valence-electron chi connectivity index (χ4n) is 4.49. The van der Waals surface area contributed by atoms with Crippen molar-refractivity contribution in [1.29, 1.82) is 0 Å². The first-order valence-electron chi connectivity index (χ1n) is 13.3. The second-order valence-electron chi connectivity index (χ2n) is 9.72. The van der Waals surface area contributed by atoms with Crippen molar-refractivity contribution in [3.05, 3.63) is 139 Å². The number of amides is 1. The zero-order valence-electron chi connectivity index (χ0n) is 23.6. The largest absolute Gasteiger partial charge is 0.486 e. The Morgan fingerprint density at radius 1 is 1.02 bits per heavy atom. The van der Waals surface area contributed by atoms with Crippen molar-refractivity contribution in [2.45, 2.75) is 27.1 Å². The van der Waals surface area contributed by atoms with Crippen molar-refractivity contribution >= 4 is 33.7 Å². The third kappa shape index (κ3) is 7.21. The quantitative estimate of drug-likeness (QED) is 0.0894. The zero-order valence-corrected chi connectivity index (χ0v) is 25.2.